The Hall–Kier alpha value is -0.960. The SMILES string of the molecule is O=C1CC[SH3]=c2ccccc2=N1. The van der Waals surface area contributed by atoms with Gasteiger partial charge in [0.2, 0.25) is 5.91 Å². The molecule has 0 fully saturated rings. The number of para-hydroxylation sites is 1. The van der Waals surface area contributed by atoms with E-state index < -0.39 is 0 Å². The number of hydrogen-bond donors (Lipinski definition) is 0. The molecule has 0 saturated heterocycles. The molecule has 2 nitrogen and oxygen atoms in total. The predicted molar refractivity (Wildman–Crippen MR) is 52.7 cm³/mol. The largest absolute Gasteiger partial charge is 0.273 e. The summed E-state index contributed by atoms with van der Waals surface area (Å²) in [5, 5.41) is 0.898. The van der Waals surface area contributed by atoms with Crippen molar-refractivity contribution in [3.05, 3.63) is 34.1 Å². The van der Waals surface area contributed by atoms with Crippen molar-refractivity contribution in [2.75, 3.05) is 5.75 Å². The van der Waals surface area contributed by atoms with Crippen LogP contribution in [-0.2, 0) is 4.79 Å². The van der Waals surface area contributed by atoms with Crippen LogP contribution in [0.3, 0.4) is 0 Å². The summed E-state index contributed by atoms with van der Waals surface area (Å²) in [7, 11) is 0. The monoisotopic (exact) mass is 181 g/mol. The minimum Gasteiger partial charge on any atom is -0.273 e. The highest BCUT2D eigenvalue weighted by molar-refractivity contribution is 7.91. The van der Waals surface area contributed by atoms with Gasteiger partial charge in [-0.15, -0.1) is 0 Å². The van der Waals surface area contributed by atoms with Gasteiger partial charge in [-0.05, 0) is 17.9 Å². The van der Waals surface area contributed by atoms with Gasteiger partial charge in [-0.1, -0.05) is 12.1 Å². The molecule has 1 aliphatic rings. The van der Waals surface area contributed by atoms with Crippen molar-refractivity contribution in [2.45, 2.75) is 6.42 Å². The van der Waals surface area contributed by atoms with Crippen LogP contribution in [-0.4, -0.2) is 11.7 Å². The molecule has 12 heavy (non-hydrogen) atoms. The molecule has 0 radical (unpaired) electrons. The zero-order valence-corrected chi connectivity index (χ0v) is 7.81. The number of benzene rings is 1. The van der Waals surface area contributed by atoms with Gasteiger partial charge in [0.1, 0.15) is 0 Å². The van der Waals surface area contributed by atoms with Gasteiger partial charge in [-0.2, -0.15) is 0 Å². The maximum absolute atomic E-state index is 11.1. The van der Waals surface area contributed by atoms with Gasteiger partial charge in [0.05, 0.1) is 5.36 Å². The fraction of sp³-hybridized carbons (Fsp3) is 0.222. The number of carbonyl (C=O) groups is 1. The molecular formula is C9H11NOS. The molecule has 0 spiro atoms. The molecule has 0 bridgehead atoms. The van der Waals surface area contributed by atoms with Crippen molar-refractivity contribution < 1.29 is 4.79 Å². The van der Waals surface area contributed by atoms with Crippen LogP contribution in [0, 0.1) is 4.51 Å². The molecule has 1 aliphatic heterocycles. The smallest absolute Gasteiger partial charge is 0.246 e. The number of carbonyl (C=O) groups excluding carboxylic acids is 1. The molecule has 64 valence electrons. The summed E-state index contributed by atoms with van der Waals surface area (Å²) in [4.78, 5) is 15.1. The second-order valence-corrected chi connectivity index (χ2v) is 4.41. The van der Waals surface area contributed by atoms with E-state index in [-0.39, 0.29) is 17.3 Å². The molecule has 0 N–H and O–H groups in total. The van der Waals surface area contributed by atoms with E-state index in [9.17, 15) is 4.79 Å². The summed E-state index contributed by atoms with van der Waals surface area (Å²) in [6, 6.07) is 7.94. The lowest BCUT2D eigenvalue weighted by Gasteiger charge is -1.85. The number of hydrogen-bond acceptors (Lipinski definition) is 1. The fourth-order valence-electron chi connectivity index (χ4n) is 1.30. The Bertz CT molecular complexity index is 424. The van der Waals surface area contributed by atoms with Crippen molar-refractivity contribution in [1.29, 1.82) is 0 Å². The van der Waals surface area contributed by atoms with E-state index in [1.54, 1.807) is 0 Å². The molecule has 1 heterocycles. The molecular weight excluding hydrogens is 170 g/mol. The summed E-state index contributed by atoms with van der Waals surface area (Å²) in [6.45, 7) is 0. The average Bonchev–Trinajstić information content (AvgIpc) is 2.25. The fourth-order valence-corrected chi connectivity index (χ4v) is 2.62. The third kappa shape index (κ3) is 1.46. The van der Waals surface area contributed by atoms with E-state index >= 15 is 0 Å². The van der Waals surface area contributed by atoms with Gasteiger partial charge in [-0.3, -0.25) is 16.1 Å². The molecule has 0 unspecified atom stereocenters. The van der Waals surface area contributed by atoms with Crippen molar-refractivity contribution in [3.8, 4) is 0 Å². The minimum atomic E-state index is 0.0347. The normalized spacial score (nSPS) is 16.8. The summed E-state index contributed by atoms with van der Waals surface area (Å²) in [6.07, 6.45) is 0.629. The van der Waals surface area contributed by atoms with Crippen LogP contribution in [0.4, 0.5) is 0 Å². The number of nitrogens with zero attached hydrogens (tertiary/aromatic N) is 1. The van der Waals surface area contributed by atoms with Crippen LogP contribution in [0.5, 0.6) is 0 Å². The van der Waals surface area contributed by atoms with Crippen molar-refractivity contribution >= 4 is 17.3 Å². The minimum absolute atomic E-state index is 0.0347. The van der Waals surface area contributed by atoms with Crippen LogP contribution in [0.2, 0.25) is 0 Å². The lowest BCUT2D eigenvalue weighted by molar-refractivity contribution is -0.117. The van der Waals surface area contributed by atoms with Gasteiger partial charge < -0.3 is 0 Å². The maximum Gasteiger partial charge on any atom is 0.246 e. The summed E-state index contributed by atoms with van der Waals surface area (Å²) < 4.78 is 1.28. The van der Waals surface area contributed by atoms with Crippen molar-refractivity contribution in [2.24, 2.45) is 4.99 Å². The lowest BCUT2D eigenvalue weighted by atomic mass is 10.3. The van der Waals surface area contributed by atoms with Gasteiger partial charge >= 0.3 is 0 Å². The van der Waals surface area contributed by atoms with Crippen LogP contribution in [0.15, 0.2) is 29.3 Å². The number of rotatable bonds is 0. The quantitative estimate of drug-likeness (QED) is 0.533. The first-order valence-electron chi connectivity index (χ1n) is 4.03. The molecule has 2 rings (SSSR count). The molecule has 1 aromatic rings. The van der Waals surface area contributed by atoms with Crippen molar-refractivity contribution in [3.63, 3.8) is 0 Å². The standard InChI is InChI=1S/C9H11NOS/c11-9-5-6-12-8-4-2-1-3-7(8)10-9/h1-4H,5-6H2,12H3. The van der Waals surface area contributed by atoms with Crippen molar-refractivity contribution in [1.82, 2.24) is 0 Å². The first-order valence-corrected chi connectivity index (χ1v) is 5.42. The third-order valence-corrected chi connectivity index (χ3v) is 3.41. The molecule has 0 saturated carbocycles. The Kier molecular flexibility index (Phi) is 2.04. The Balaban J connectivity index is 2.76. The molecule has 0 aliphatic carbocycles. The molecule has 1 amide bonds. The second kappa shape index (κ2) is 3.19. The Labute approximate surface area is 73.9 Å². The highest BCUT2D eigenvalue weighted by Gasteiger charge is 1.99. The van der Waals surface area contributed by atoms with Crippen LogP contribution < -0.4 is 5.36 Å². The lowest BCUT2D eigenvalue weighted by Crippen LogP contribution is -2.04. The van der Waals surface area contributed by atoms with E-state index in [2.05, 4.69) is 11.1 Å². The first kappa shape index (κ1) is 7.68. The predicted octanol–water partition coefficient (Wildman–Crippen LogP) is 0.417. The molecule has 0 aromatic heterocycles. The zero-order valence-electron chi connectivity index (χ0n) is 6.66. The van der Waals surface area contributed by atoms with Gasteiger partial charge in [0.15, 0.2) is 0 Å². The zero-order chi connectivity index (χ0) is 8.39. The van der Waals surface area contributed by atoms with Crippen LogP contribution >= 0.6 is 11.4 Å². The summed E-state index contributed by atoms with van der Waals surface area (Å²) in [5.41, 5.74) is 0. The second-order valence-electron chi connectivity index (χ2n) is 2.81. The van der Waals surface area contributed by atoms with E-state index in [1.807, 2.05) is 18.2 Å². The van der Waals surface area contributed by atoms with Crippen LogP contribution in [0.1, 0.15) is 6.42 Å². The Morgan fingerprint density at radius 1 is 1.33 bits per heavy atom. The summed E-state index contributed by atoms with van der Waals surface area (Å²) in [5.74, 6) is 1.05. The third-order valence-electron chi connectivity index (χ3n) is 1.90. The molecule has 0 atom stereocenters. The van der Waals surface area contributed by atoms with E-state index in [0.29, 0.717) is 6.42 Å². The first-order chi connectivity index (χ1) is 5.86. The van der Waals surface area contributed by atoms with Gasteiger partial charge in [-0.25, -0.2) is 4.99 Å². The number of amides is 1. The maximum atomic E-state index is 11.1. The number of fused-ring (bicyclic) bond motifs is 1. The topological polar surface area (TPSA) is 29.4 Å². The Morgan fingerprint density at radius 2 is 2.17 bits per heavy atom. The molecule has 3 heteroatoms. The highest BCUT2D eigenvalue weighted by atomic mass is 32.1. The van der Waals surface area contributed by atoms with Gasteiger partial charge in [0.25, 0.3) is 0 Å². The highest BCUT2D eigenvalue weighted by Crippen LogP contribution is 2.01. The van der Waals surface area contributed by atoms with Crippen LogP contribution in [0.25, 0.3) is 0 Å². The average molecular weight is 181 g/mol. The van der Waals surface area contributed by atoms with E-state index in [1.165, 1.54) is 4.51 Å². The van der Waals surface area contributed by atoms with Gasteiger partial charge in [0, 0.05) is 10.9 Å². The van der Waals surface area contributed by atoms with E-state index in [0.717, 1.165) is 11.1 Å². The van der Waals surface area contributed by atoms with E-state index in [4.69, 9.17) is 0 Å². The Morgan fingerprint density at radius 3 is 3.08 bits per heavy atom. The summed E-state index contributed by atoms with van der Waals surface area (Å²) >= 11 is 0.256. The molecule has 1 aromatic carbocycles.